The van der Waals surface area contributed by atoms with Gasteiger partial charge in [0.25, 0.3) is 5.91 Å². The van der Waals surface area contributed by atoms with Crippen molar-refractivity contribution in [1.29, 1.82) is 0 Å². The Bertz CT molecular complexity index is 1020. The van der Waals surface area contributed by atoms with Crippen molar-refractivity contribution in [2.24, 2.45) is 0 Å². The summed E-state index contributed by atoms with van der Waals surface area (Å²) in [5, 5.41) is 2.79. The molecule has 2 aromatic carbocycles. The highest BCUT2D eigenvalue weighted by atomic mass is 32.2. The molecule has 136 valence electrons. The topological polar surface area (TPSA) is 79.4 Å². The lowest BCUT2D eigenvalue weighted by Gasteiger charge is -2.18. The first-order chi connectivity index (χ1) is 12.5. The molecule has 26 heavy (non-hydrogen) atoms. The van der Waals surface area contributed by atoms with Crippen LogP contribution in [0.3, 0.4) is 0 Å². The summed E-state index contributed by atoms with van der Waals surface area (Å²) in [5.74, 6) is -0.250. The molecule has 1 amide bonds. The smallest absolute Gasteiger partial charge is 0.255 e. The van der Waals surface area contributed by atoms with Gasteiger partial charge in [-0.05, 0) is 42.5 Å². The van der Waals surface area contributed by atoms with Crippen LogP contribution in [0.5, 0.6) is 0 Å². The molecule has 0 aliphatic carbocycles. The quantitative estimate of drug-likeness (QED) is 0.699. The zero-order valence-corrected chi connectivity index (χ0v) is 16.1. The lowest BCUT2D eigenvalue weighted by molar-refractivity contribution is 0.102. The molecule has 6 nitrogen and oxygen atoms in total. The molecule has 0 bridgehead atoms. The third-order valence-electron chi connectivity index (χ3n) is 4.05. The highest BCUT2D eigenvalue weighted by Gasteiger charge is 2.21. The average Bonchev–Trinajstić information content (AvgIpc) is 3.10. The number of rotatable bonds is 6. The SMILES string of the molecule is CCN(CC)S(=O)(=O)c1ccc(NC(=O)c2ccc3ncsc3c2)cc1. The normalized spacial score (nSPS) is 11.8. The zero-order chi connectivity index (χ0) is 18.7. The molecule has 0 fully saturated rings. The molecule has 0 radical (unpaired) electrons. The van der Waals surface area contributed by atoms with Crippen molar-refractivity contribution < 1.29 is 13.2 Å². The third-order valence-corrected chi connectivity index (χ3v) is 6.90. The molecule has 1 heterocycles. The van der Waals surface area contributed by atoms with Crippen LogP contribution in [0.15, 0.2) is 52.9 Å². The molecule has 3 aromatic rings. The van der Waals surface area contributed by atoms with Crippen LogP contribution >= 0.6 is 11.3 Å². The number of anilines is 1. The van der Waals surface area contributed by atoms with Gasteiger partial charge in [-0.1, -0.05) is 13.8 Å². The fraction of sp³-hybridized carbons (Fsp3) is 0.222. The number of benzene rings is 2. The molecule has 0 aliphatic heterocycles. The lowest BCUT2D eigenvalue weighted by atomic mass is 10.2. The van der Waals surface area contributed by atoms with Crippen LogP contribution in [0, 0.1) is 0 Å². The maximum absolute atomic E-state index is 12.5. The van der Waals surface area contributed by atoms with Gasteiger partial charge < -0.3 is 5.32 Å². The number of nitrogens with one attached hydrogen (secondary N) is 1. The lowest BCUT2D eigenvalue weighted by Crippen LogP contribution is -2.30. The number of thiazole rings is 1. The number of carbonyl (C=O) groups is 1. The van der Waals surface area contributed by atoms with Gasteiger partial charge in [-0.3, -0.25) is 4.79 Å². The van der Waals surface area contributed by atoms with Gasteiger partial charge in [-0.15, -0.1) is 11.3 Å². The minimum atomic E-state index is -3.50. The molecule has 3 rings (SSSR count). The van der Waals surface area contributed by atoms with Crippen LogP contribution in [0.25, 0.3) is 10.2 Å². The maximum atomic E-state index is 12.5. The number of aromatic nitrogens is 1. The predicted octanol–water partition coefficient (Wildman–Crippen LogP) is 3.58. The van der Waals surface area contributed by atoms with Crippen LogP contribution in [0.4, 0.5) is 5.69 Å². The Morgan fingerprint density at radius 1 is 1.12 bits per heavy atom. The van der Waals surface area contributed by atoms with E-state index in [0.29, 0.717) is 24.3 Å². The number of amides is 1. The van der Waals surface area contributed by atoms with Crippen LogP contribution < -0.4 is 5.32 Å². The van der Waals surface area contributed by atoms with Gasteiger partial charge in [0.05, 0.1) is 20.6 Å². The summed E-state index contributed by atoms with van der Waals surface area (Å²) in [5.41, 5.74) is 3.67. The van der Waals surface area contributed by atoms with E-state index in [4.69, 9.17) is 0 Å². The monoisotopic (exact) mass is 389 g/mol. The maximum Gasteiger partial charge on any atom is 0.255 e. The minimum absolute atomic E-state index is 0.213. The first-order valence-electron chi connectivity index (χ1n) is 8.20. The Balaban J connectivity index is 1.77. The second-order valence-electron chi connectivity index (χ2n) is 5.60. The molecule has 0 saturated carbocycles. The first-order valence-corrected chi connectivity index (χ1v) is 10.5. The Kier molecular flexibility index (Phi) is 5.36. The number of carbonyl (C=O) groups excluding carboxylic acids is 1. The van der Waals surface area contributed by atoms with Gasteiger partial charge in [0.15, 0.2) is 0 Å². The summed E-state index contributed by atoms with van der Waals surface area (Å²) in [7, 11) is -3.50. The van der Waals surface area contributed by atoms with Gasteiger partial charge in [-0.2, -0.15) is 4.31 Å². The van der Waals surface area contributed by atoms with Gasteiger partial charge in [0.1, 0.15) is 0 Å². The largest absolute Gasteiger partial charge is 0.322 e. The molecule has 8 heteroatoms. The van der Waals surface area contributed by atoms with E-state index in [1.165, 1.54) is 27.8 Å². The van der Waals surface area contributed by atoms with Gasteiger partial charge in [0, 0.05) is 24.3 Å². The van der Waals surface area contributed by atoms with Gasteiger partial charge in [0.2, 0.25) is 10.0 Å². The third kappa shape index (κ3) is 3.62. The van der Waals surface area contributed by atoms with Crippen LogP contribution in [-0.2, 0) is 10.0 Å². The van der Waals surface area contributed by atoms with Crippen LogP contribution in [0.1, 0.15) is 24.2 Å². The molecule has 0 aliphatic rings. The van der Waals surface area contributed by atoms with E-state index in [9.17, 15) is 13.2 Å². The Labute approximate surface area is 156 Å². The zero-order valence-electron chi connectivity index (χ0n) is 14.5. The standard InChI is InChI=1S/C18H19N3O3S2/c1-3-21(4-2)26(23,24)15-8-6-14(7-9-15)20-18(22)13-5-10-16-17(11-13)25-12-19-16/h5-12H,3-4H2,1-2H3,(H,20,22). The van der Waals surface area contributed by atoms with E-state index in [0.717, 1.165) is 10.2 Å². The van der Waals surface area contributed by atoms with E-state index < -0.39 is 10.0 Å². The second-order valence-corrected chi connectivity index (χ2v) is 8.43. The summed E-state index contributed by atoms with van der Waals surface area (Å²) in [4.78, 5) is 16.8. The van der Waals surface area contributed by atoms with E-state index in [2.05, 4.69) is 10.3 Å². The van der Waals surface area contributed by atoms with Crippen LogP contribution in [-0.4, -0.2) is 36.7 Å². The number of hydrogen-bond acceptors (Lipinski definition) is 5. The van der Waals surface area contributed by atoms with Crippen molar-refractivity contribution in [3.05, 3.63) is 53.5 Å². The molecule has 1 aromatic heterocycles. The molecule has 1 N–H and O–H groups in total. The second kappa shape index (κ2) is 7.53. The summed E-state index contributed by atoms with van der Waals surface area (Å²) in [6, 6.07) is 11.5. The average molecular weight is 390 g/mol. The van der Waals surface area contributed by atoms with Crippen molar-refractivity contribution in [2.75, 3.05) is 18.4 Å². The molecule has 0 saturated heterocycles. The van der Waals surface area contributed by atoms with Crippen LogP contribution in [0.2, 0.25) is 0 Å². The van der Waals surface area contributed by atoms with Crippen molar-refractivity contribution >= 4 is 43.2 Å². The molecule has 0 unspecified atom stereocenters. The number of nitrogens with zero attached hydrogens (tertiary/aromatic N) is 2. The highest BCUT2D eigenvalue weighted by Crippen LogP contribution is 2.21. The van der Waals surface area contributed by atoms with E-state index in [1.807, 2.05) is 0 Å². The van der Waals surface area contributed by atoms with Crippen molar-refractivity contribution in [3.63, 3.8) is 0 Å². The van der Waals surface area contributed by atoms with Crippen molar-refractivity contribution in [2.45, 2.75) is 18.7 Å². The number of fused-ring (bicyclic) bond motifs is 1. The summed E-state index contributed by atoms with van der Waals surface area (Å²) in [6.07, 6.45) is 0. The molecule has 0 spiro atoms. The summed E-state index contributed by atoms with van der Waals surface area (Å²) < 4.78 is 27.3. The Hall–Kier alpha value is -2.29. The fourth-order valence-electron chi connectivity index (χ4n) is 2.62. The molecular formula is C18H19N3O3S2. The van der Waals surface area contributed by atoms with Crippen molar-refractivity contribution in [1.82, 2.24) is 9.29 Å². The first kappa shape index (κ1) is 18.5. The number of sulfonamides is 1. The fourth-order valence-corrected chi connectivity index (χ4v) is 4.80. The number of hydrogen-bond donors (Lipinski definition) is 1. The molecular weight excluding hydrogens is 370 g/mol. The Morgan fingerprint density at radius 2 is 1.81 bits per heavy atom. The van der Waals surface area contributed by atoms with Gasteiger partial charge >= 0.3 is 0 Å². The summed E-state index contributed by atoms with van der Waals surface area (Å²) in [6.45, 7) is 4.43. The van der Waals surface area contributed by atoms with E-state index in [-0.39, 0.29) is 10.8 Å². The minimum Gasteiger partial charge on any atom is -0.322 e. The highest BCUT2D eigenvalue weighted by molar-refractivity contribution is 7.89. The predicted molar refractivity (Wildman–Crippen MR) is 104 cm³/mol. The van der Waals surface area contributed by atoms with E-state index >= 15 is 0 Å². The van der Waals surface area contributed by atoms with Crippen molar-refractivity contribution in [3.8, 4) is 0 Å². The summed E-state index contributed by atoms with van der Waals surface area (Å²) >= 11 is 1.47. The van der Waals surface area contributed by atoms with Gasteiger partial charge in [-0.25, -0.2) is 13.4 Å². The molecule has 0 atom stereocenters. The Morgan fingerprint density at radius 3 is 2.46 bits per heavy atom. The van der Waals surface area contributed by atoms with E-state index in [1.54, 1.807) is 49.7 Å².